The summed E-state index contributed by atoms with van der Waals surface area (Å²) in [6, 6.07) is 61.1. The third-order valence-corrected chi connectivity index (χ3v) is 10.9. The molecule has 2 heteroatoms. The number of furan rings is 1. The summed E-state index contributed by atoms with van der Waals surface area (Å²) in [6.07, 6.45) is 17.0. The molecule has 0 saturated heterocycles. The molecule has 0 spiro atoms. The van der Waals surface area contributed by atoms with Crippen molar-refractivity contribution >= 4 is 54.9 Å². The van der Waals surface area contributed by atoms with Crippen LogP contribution >= 0.6 is 0 Å². The van der Waals surface area contributed by atoms with Crippen LogP contribution in [0.5, 0.6) is 0 Å². The Labute approximate surface area is 340 Å². The zero-order chi connectivity index (χ0) is 39.3. The van der Waals surface area contributed by atoms with E-state index in [9.17, 15) is 0 Å². The maximum Gasteiger partial charge on any atom is 0.136 e. The second-order valence-electron chi connectivity index (χ2n) is 14.5. The Morgan fingerprint density at radius 1 is 0.500 bits per heavy atom. The molecule has 2 nitrogen and oxygen atoms in total. The monoisotopic (exact) mass is 745 g/mol. The lowest BCUT2D eigenvalue weighted by Gasteiger charge is -2.34. The molecule has 0 N–H and O–H groups in total. The molecule has 8 aromatic carbocycles. The summed E-state index contributed by atoms with van der Waals surface area (Å²) >= 11 is 0. The van der Waals surface area contributed by atoms with Crippen LogP contribution in [0, 0.1) is 0 Å². The third kappa shape index (κ3) is 7.20. The lowest BCUT2D eigenvalue weighted by atomic mass is 9.94. The van der Waals surface area contributed by atoms with Crippen molar-refractivity contribution in [2.75, 3.05) is 4.90 Å². The maximum absolute atomic E-state index is 6.28. The van der Waals surface area contributed by atoms with E-state index >= 15 is 0 Å². The van der Waals surface area contributed by atoms with Crippen molar-refractivity contribution in [3.63, 3.8) is 0 Å². The van der Waals surface area contributed by atoms with Crippen LogP contribution in [-0.4, -0.2) is 0 Å². The normalized spacial score (nSPS) is 12.4. The average molecular weight is 746 g/mol. The van der Waals surface area contributed by atoms with Gasteiger partial charge >= 0.3 is 0 Å². The van der Waals surface area contributed by atoms with Crippen LogP contribution in [0.3, 0.4) is 0 Å². The number of benzene rings is 8. The van der Waals surface area contributed by atoms with E-state index in [1.165, 1.54) is 43.8 Å². The summed E-state index contributed by atoms with van der Waals surface area (Å²) < 4.78 is 6.28. The zero-order valence-electron chi connectivity index (χ0n) is 32.3. The topological polar surface area (TPSA) is 16.4 Å². The highest BCUT2D eigenvalue weighted by molar-refractivity contribution is 6.19. The first-order valence-corrected chi connectivity index (χ1v) is 19.8. The molecule has 0 fully saturated rings. The Hall–Kier alpha value is -7.42. The minimum absolute atomic E-state index is 0.108. The molecule has 9 aromatic rings. The molecule has 0 amide bonds. The zero-order valence-corrected chi connectivity index (χ0v) is 32.3. The lowest BCUT2D eigenvalue weighted by Crippen LogP contribution is -2.23. The predicted octanol–water partition coefficient (Wildman–Crippen LogP) is 15.7. The minimum Gasteiger partial charge on any atom is -0.456 e. The molecular formula is C56H43NO. The largest absolute Gasteiger partial charge is 0.456 e. The highest BCUT2D eigenvalue weighted by atomic mass is 16.3. The average Bonchev–Trinajstić information content (AvgIpc) is 3.67. The number of rotatable bonds is 12. The first-order valence-electron chi connectivity index (χ1n) is 19.8. The van der Waals surface area contributed by atoms with Crippen LogP contribution in [0.2, 0.25) is 0 Å². The summed E-state index contributed by atoms with van der Waals surface area (Å²) in [5, 5.41) is 7.14. The molecule has 0 aliphatic rings. The minimum atomic E-state index is -0.108. The van der Waals surface area contributed by atoms with Crippen LogP contribution in [0.4, 0.5) is 11.4 Å². The number of anilines is 2. The molecule has 0 radical (unpaired) electrons. The predicted molar refractivity (Wildman–Crippen MR) is 249 cm³/mol. The van der Waals surface area contributed by atoms with Gasteiger partial charge in [-0.3, -0.25) is 0 Å². The first kappa shape index (κ1) is 36.2. The molecule has 1 atom stereocenters. The van der Waals surface area contributed by atoms with Gasteiger partial charge in [0.25, 0.3) is 0 Å². The summed E-state index contributed by atoms with van der Waals surface area (Å²) in [5.74, 6) is 0. The van der Waals surface area contributed by atoms with E-state index in [0.717, 1.165) is 50.9 Å². The van der Waals surface area contributed by atoms with Crippen molar-refractivity contribution in [1.29, 1.82) is 0 Å². The maximum atomic E-state index is 6.28. The smallest absolute Gasteiger partial charge is 0.136 e. The Morgan fingerprint density at radius 2 is 1.17 bits per heavy atom. The molecule has 278 valence electrons. The van der Waals surface area contributed by atoms with E-state index < -0.39 is 0 Å². The van der Waals surface area contributed by atoms with Crippen molar-refractivity contribution in [2.45, 2.75) is 12.5 Å². The van der Waals surface area contributed by atoms with Gasteiger partial charge in [-0.15, -0.1) is 0 Å². The SMILES string of the molecule is C=C/C=C\C=C/Cc1cc(-c2ccc3ccc4oc5ccccc5c4c3c2)ccc1N(c1ccc(-c2ccc3ccccc3c2)cc1)C(/C=C\C=C)c1ccccc1. The number of fused-ring (bicyclic) bond motifs is 6. The van der Waals surface area contributed by atoms with Crippen LogP contribution in [0.1, 0.15) is 17.2 Å². The van der Waals surface area contributed by atoms with Gasteiger partial charge in [0, 0.05) is 22.1 Å². The molecule has 1 heterocycles. The summed E-state index contributed by atoms with van der Waals surface area (Å²) in [5.41, 5.74) is 11.1. The van der Waals surface area contributed by atoms with Crippen LogP contribution < -0.4 is 4.90 Å². The van der Waals surface area contributed by atoms with E-state index in [0.29, 0.717) is 0 Å². The van der Waals surface area contributed by atoms with Crippen molar-refractivity contribution in [3.05, 3.63) is 243 Å². The van der Waals surface area contributed by atoms with Gasteiger partial charge in [0.15, 0.2) is 0 Å². The first-order chi connectivity index (χ1) is 28.7. The molecule has 0 bridgehead atoms. The highest BCUT2D eigenvalue weighted by Gasteiger charge is 2.23. The summed E-state index contributed by atoms with van der Waals surface area (Å²) in [4.78, 5) is 2.47. The van der Waals surface area contributed by atoms with Crippen LogP contribution in [0.15, 0.2) is 236 Å². The molecule has 0 aliphatic heterocycles. The summed E-state index contributed by atoms with van der Waals surface area (Å²) in [7, 11) is 0. The molecule has 0 saturated carbocycles. The highest BCUT2D eigenvalue weighted by Crippen LogP contribution is 2.42. The fraction of sp³-hybridized carbons (Fsp3) is 0.0357. The van der Waals surface area contributed by atoms with E-state index in [2.05, 4.69) is 200 Å². The van der Waals surface area contributed by atoms with Crippen molar-refractivity contribution in [3.8, 4) is 22.3 Å². The summed E-state index contributed by atoms with van der Waals surface area (Å²) in [6.45, 7) is 7.90. The Morgan fingerprint density at radius 3 is 2.00 bits per heavy atom. The molecular weight excluding hydrogens is 703 g/mol. The van der Waals surface area contributed by atoms with Gasteiger partial charge < -0.3 is 9.32 Å². The van der Waals surface area contributed by atoms with Crippen molar-refractivity contribution in [2.24, 2.45) is 0 Å². The number of hydrogen-bond acceptors (Lipinski definition) is 2. The standard InChI is InChI=1S/C56H43NO/c1-3-5-7-8-10-21-48-38-46(47-28-26-42-32-36-55-56(51(42)39-47)50-22-15-16-24-54(50)58-55)31-35-53(48)57(52(23-6-4-2)43-18-11-9-12-19-43)49-33-29-41(30-34-49)45-27-25-40-17-13-14-20-44(40)37-45/h3-20,22-39,52H,1-2,21H2/b7-5-,10-8-,23-6-. The Kier molecular flexibility index (Phi) is 10.2. The molecule has 0 aliphatic carbocycles. The van der Waals surface area contributed by atoms with Gasteiger partial charge in [-0.25, -0.2) is 0 Å². The number of allylic oxidation sites excluding steroid dienone is 7. The van der Waals surface area contributed by atoms with Gasteiger partial charge in [-0.1, -0.05) is 183 Å². The van der Waals surface area contributed by atoms with Crippen LogP contribution in [0.25, 0.3) is 65.7 Å². The lowest BCUT2D eigenvalue weighted by molar-refractivity contribution is 0.669. The molecule has 58 heavy (non-hydrogen) atoms. The van der Waals surface area contributed by atoms with Crippen LogP contribution in [-0.2, 0) is 6.42 Å². The fourth-order valence-corrected chi connectivity index (χ4v) is 8.12. The fourth-order valence-electron chi connectivity index (χ4n) is 8.12. The van der Waals surface area contributed by atoms with Gasteiger partial charge in [-0.2, -0.15) is 0 Å². The quantitative estimate of drug-likeness (QED) is 0.116. The van der Waals surface area contributed by atoms with Gasteiger partial charge in [0.2, 0.25) is 0 Å². The molecule has 9 rings (SSSR count). The van der Waals surface area contributed by atoms with E-state index in [4.69, 9.17) is 4.42 Å². The van der Waals surface area contributed by atoms with E-state index in [1.807, 2.05) is 30.4 Å². The molecule has 1 unspecified atom stereocenters. The number of hydrogen-bond donors (Lipinski definition) is 0. The Bertz CT molecular complexity index is 3010. The van der Waals surface area contributed by atoms with Gasteiger partial charge in [0.05, 0.1) is 6.04 Å². The van der Waals surface area contributed by atoms with Gasteiger partial charge in [0.1, 0.15) is 11.2 Å². The van der Waals surface area contributed by atoms with E-state index in [-0.39, 0.29) is 6.04 Å². The third-order valence-electron chi connectivity index (χ3n) is 10.9. The van der Waals surface area contributed by atoms with E-state index in [1.54, 1.807) is 6.08 Å². The second kappa shape index (κ2) is 16.4. The molecule has 1 aromatic heterocycles. The number of nitrogens with zero attached hydrogens (tertiary/aromatic N) is 1. The second-order valence-corrected chi connectivity index (χ2v) is 14.5. The number of para-hydroxylation sites is 1. The van der Waals surface area contributed by atoms with Crippen molar-refractivity contribution in [1.82, 2.24) is 0 Å². The Balaban J connectivity index is 1.20. The van der Waals surface area contributed by atoms with Gasteiger partial charge in [-0.05, 0) is 110 Å². The van der Waals surface area contributed by atoms with Crippen molar-refractivity contribution < 1.29 is 4.42 Å².